The number of hydrogen-bond donors (Lipinski definition) is 3. The average Bonchev–Trinajstić information content (AvgIpc) is 2.64. The predicted molar refractivity (Wildman–Crippen MR) is 112 cm³/mol. The summed E-state index contributed by atoms with van der Waals surface area (Å²) in [5.74, 6) is 0.977. The molecule has 152 valence electrons. The van der Waals surface area contributed by atoms with Gasteiger partial charge in [-0.1, -0.05) is 26.0 Å². The van der Waals surface area contributed by atoms with Crippen molar-refractivity contribution in [1.29, 1.82) is 0 Å². The van der Waals surface area contributed by atoms with Crippen LogP contribution in [0, 0.1) is 10.2 Å². The average molecular weight is 413 g/mol. The van der Waals surface area contributed by atoms with Crippen molar-refractivity contribution in [3.63, 3.8) is 0 Å². The largest absolute Gasteiger partial charge is 0.493 e. The van der Waals surface area contributed by atoms with Gasteiger partial charge in [0.15, 0.2) is 22.1 Å². The molecule has 0 bridgehead atoms. The first kappa shape index (κ1) is 19.4. The van der Waals surface area contributed by atoms with Crippen LogP contribution in [0.1, 0.15) is 43.7 Å². The quantitative estimate of drug-likeness (QED) is 0.665. The third-order valence-electron chi connectivity index (χ3n) is 5.50. The zero-order valence-electron chi connectivity index (χ0n) is 16.8. The summed E-state index contributed by atoms with van der Waals surface area (Å²) >= 11 is 5.16. The number of benzene rings is 1. The lowest BCUT2D eigenvalue weighted by atomic mass is 9.69. The van der Waals surface area contributed by atoms with Gasteiger partial charge >= 0.3 is 0 Å². The number of ether oxygens (including phenoxy) is 2. The molecule has 2 aromatic rings. The van der Waals surface area contributed by atoms with E-state index < -0.39 is 5.92 Å². The Balaban J connectivity index is 2.06. The summed E-state index contributed by atoms with van der Waals surface area (Å²) in [5.41, 5.74) is 2.00. The van der Waals surface area contributed by atoms with Gasteiger partial charge in [-0.15, -0.1) is 0 Å². The molecule has 8 heteroatoms. The van der Waals surface area contributed by atoms with Gasteiger partial charge in [-0.05, 0) is 30.1 Å². The minimum Gasteiger partial charge on any atom is -0.493 e. The Labute approximate surface area is 173 Å². The molecule has 0 saturated carbocycles. The number of rotatable bonds is 3. The first-order chi connectivity index (χ1) is 13.8. The molecule has 1 aliphatic heterocycles. The van der Waals surface area contributed by atoms with Gasteiger partial charge < -0.3 is 19.8 Å². The molecule has 1 aromatic carbocycles. The summed E-state index contributed by atoms with van der Waals surface area (Å²) in [6.45, 7) is 4.13. The van der Waals surface area contributed by atoms with E-state index in [-0.39, 0.29) is 21.5 Å². The van der Waals surface area contributed by atoms with Crippen LogP contribution in [0.4, 0.5) is 5.82 Å². The summed E-state index contributed by atoms with van der Waals surface area (Å²) < 4.78 is 11.3. The SMILES string of the molecule is COc1cccc(C2C3=C(CC(C)(C)CC3=O)Nc3[nH]c(=S)[nH]c(=O)c32)c1OC. The van der Waals surface area contributed by atoms with E-state index in [9.17, 15) is 9.59 Å². The Hall–Kier alpha value is -2.87. The maximum Gasteiger partial charge on any atom is 0.257 e. The molecule has 3 N–H and O–H groups in total. The zero-order chi connectivity index (χ0) is 20.9. The number of fused-ring (bicyclic) bond motifs is 1. The van der Waals surface area contributed by atoms with E-state index in [2.05, 4.69) is 29.1 Å². The van der Waals surface area contributed by atoms with E-state index in [4.69, 9.17) is 21.7 Å². The van der Waals surface area contributed by atoms with Crippen LogP contribution in [-0.4, -0.2) is 30.0 Å². The first-order valence-corrected chi connectivity index (χ1v) is 9.77. The second kappa shape index (κ2) is 6.88. The highest BCUT2D eigenvalue weighted by Crippen LogP contribution is 2.50. The van der Waals surface area contributed by atoms with Crippen molar-refractivity contribution >= 4 is 23.8 Å². The molecular weight excluding hydrogens is 390 g/mol. The highest BCUT2D eigenvalue weighted by atomic mass is 32.1. The predicted octanol–water partition coefficient (Wildman–Crippen LogP) is 3.65. The molecule has 1 aromatic heterocycles. The fourth-order valence-electron chi connectivity index (χ4n) is 4.40. The molecule has 1 unspecified atom stereocenters. The molecule has 0 spiro atoms. The number of para-hydroxylation sites is 1. The summed E-state index contributed by atoms with van der Waals surface area (Å²) in [4.78, 5) is 31.9. The number of H-pyrrole nitrogens is 2. The van der Waals surface area contributed by atoms with Gasteiger partial charge in [-0.25, -0.2) is 0 Å². The van der Waals surface area contributed by atoms with Gasteiger partial charge in [-0.2, -0.15) is 0 Å². The van der Waals surface area contributed by atoms with E-state index in [0.29, 0.717) is 46.9 Å². The van der Waals surface area contributed by atoms with Gasteiger partial charge in [0.1, 0.15) is 5.82 Å². The number of allylic oxidation sites excluding steroid dienone is 2. The molecule has 7 nitrogen and oxygen atoms in total. The number of carbonyl (C=O) groups is 1. The molecule has 0 radical (unpaired) electrons. The molecule has 1 atom stereocenters. The number of Topliss-reactive ketones (excluding diaryl/α,β-unsaturated/α-hetero) is 1. The molecule has 29 heavy (non-hydrogen) atoms. The number of hydrogen-bond acceptors (Lipinski definition) is 6. The first-order valence-electron chi connectivity index (χ1n) is 9.36. The number of ketones is 1. The molecule has 0 saturated heterocycles. The Morgan fingerprint density at radius 3 is 2.55 bits per heavy atom. The third kappa shape index (κ3) is 3.17. The zero-order valence-corrected chi connectivity index (χ0v) is 17.6. The number of methoxy groups -OCH3 is 2. The van der Waals surface area contributed by atoms with Gasteiger partial charge in [0.05, 0.1) is 25.7 Å². The van der Waals surface area contributed by atoms with Gasteiger partial charge in [0, 0.05) is 23.3 Å². The van der Waals surface area contributed by atoms with E-state index in [1.807, 2.05) is 12.1 Å². The Morgan fingerprint density at radius 1 is 1.10 bits per heavy atom. The van der Waals surface area contributed by atoms with Crippen molar-refractivity contribution in [3.05, 3.63) is 55.7 Å². The topological polar surface area (TPSA) is 96.2 Å². The van der Waals surface area contributed by atoms with E-state index in [0.717, 1.165) is 5.70 Å². The lowest BCUT2D eigenvalue weighted by Crippen LogP contribution is -2.37. The fraction of sp³-hybridized carbons (Fsp3) is 0.381. The number of anilines is 1. The van der Waals surface area contributed by atoms with Crippen molar-refractivity contribution in [2.45, 2.75) is 32.6 Å². The summed E-state index contributed by atoms with van der Waals surface area (Å²) in [6, 6.07) is 5.48. The van der Waals surface area contributed by atoms with Crippen molar-refractivity contribution in [2.75, 3.05) is 19.5 Å². The Morgan fingerprint density at radius 2 is 1.86 bits per heavy atom. The second-order valence-electron chi connectivity index (χ2n) is 8.17. The van der Waals surface area contributed by atoms with E-state index in [1.165, 1.54) is 0 Å². The minimum absolute atomic E-state index is 0.0196. The molecular formula is C21H23N3O4S. The number of aromatic nitrogens is 2. The number of nitrogens with one attached hydrogen (secondary N) is 3. The molecule has 2 heterocycles. The smallest absolute Gasteiger partial charge is 0.257 e. The Kier molecular flexibility index (Phi) is 4.61. The van der Waals surface area contributed by atoms with Crippen LogP contribution in [0.2, 0.25) is 0 Å². The van der Waals surface area contributed by atoms with Gasteiger partial charge in [0.2, 0.25) is 0 Å². The van der Waals surface area contributed by atoms with Crippen LogP contribution in [0.3, 0.4) is 0 Å². The van der Waals surface area contributed by atoms with Crippen LogP contribution >= 0.6 is 12.2 Å². The van der Waals surface area contributed by atoms with Crippen LogP contribution in [-0.2, 0) is 4.79 Å². The van der Waals surface area contributed by atoms with Crippen molar-refractivity contribution in [2.24, 2.45) is 5.41 Å². The molecule has 2 aliphatic rings. The van der Waals surface area contributed by atoms with Crippen LogP contribution in [0.15, 0.2) is 34.3 Å². The minimum atomic E-state index is -0.592. The maximum atomic E-state index is 13.3. The maximum absolute atomic E-state index is 13.3. The van der Waals surface area contributed by atoms with Crippen LogP contribution in [0.5, 0.6) is 11.5 Å². The monoisotopic (exact) mass is 413 g/mol. The molecule has 1 aliphatic carbocycles. The molecule has 4 rings (SSSR count). The third-order valence-corrected chi connectivity index (χ3v) is 5.70. The van der Waals surface area contributed by atoms with E-state index >= 15 is 0 Å². The van der Waals surface area contributed by atoms with Gasteiger partial charge in [-0.3, -0.25) is 14.6 Å². The summed E-state index contributed by atoms with van der Waals surface area (Å²) in [6.07, 6.45) is 1.09. The van der Waals surface area contributed by atoms with Crippen molar-refractivity contribution in [3.8, 4) is 11.5 Å². The standard InChI is InChI=1S/C21H23N3O4S/c1-21(2)8-11-15(12(25)9-21)14(10-6-5-7-13(27-3)17(10)28-4)16-18(22-11)23-20(29)24-19(16)26/h5-7,14H,8-9H2,1-4H3,(H3,22,23,24,26,29). The Bertz CT molecular complexity index is 1160. The van der Waals surface area contributed by atoms with Crippen LogP contribution in [0.25, 0.3) is 0 Å². The highest BCUT2D eigenvalue weighted by molar-refractivity contribution is 7.71. The molecule has 0 fully saturated rings. The number of carbonyl (C=O) groups excluding carboxylic acids is 1. The van der Waals surface area contributed by atoms with Gasteiger partial charge in [0.25, 0.3) is 5.56 Å². The summed E-state index contributed by atoms with van der Waals surface area (Å²) in [5, 5.41) is 3.28. The lowest BCUT2D eigenvalue weighted by Gasteiger charge is -2.39. The van der Waals surface area contributed by atoms with Crippen LogP contribution < -0.4 is 20.3 Å². The van der Waals surface area contributed by atoms with Crippen molar-refractivity contribution < 1.29 is 14.3 Å². The normalized spacial score (nSPS) is 19.9. The van der Waals surface area contributed by atoms with E-state index in [1.54, 1.807) is 20.3 Å². The summed E-state index contributed by atoms with van der Waals surface area (Å²) in [7, 11) is 3.11. The molecule has 0 amide bonds. The highest BCUT2D eigenvalue weighted by Gasteiger charge is 2.43. The second-order valence-corrected chi connectivity index (χ2v) is 8.58. The number of aromatic amines is 2. The van der Waals surface area contributed by atoms with Crippen molar-refractivity contribution in [1.82, 2.24) is 9.97 Å². The lowest BCUT2D eigenvalue weighted by molar-refractivity contribution is -0.118. The fourth-order valence-corrected chi connectivity index (χ4v) is 4.59.